The molecule has 3 heterocycles. The van der Waals surface area contributed by atoms with Crippen LogP contribution >= 0.6 is 0 Å². The third-order valence-corrected chi connectivity index (χ3v) is 5.41. The molecular formula is C22H24FN3O2. The lowest BCUT2D eigenvalue weighted by Crippen LogP contribution is -2.45. The Morgan fingerprint density at radius 1 is 1.29 bits per heavy atom. The van der Waals surface area contributed by atoms with Crippen LogP contribution in [0, 0.1) is 5.82 Å². The van der Waals surface area contributed by atoms with Gasteiger partial charge in [0.2, 0.25) is 0 Å². The van der Waals surface area contributed by atoms with Crippen molar-refractivity contribution in [2.75, 3.05) is 13.1 Å². The second-order valence-electron chi connectivity index (χ2n) is 7.21. The number of amides is 1. The Morgan fingerprint density at radius 3 is 2.79 bits per heavy atom. The summed E-state index contributed by atoms with van der Waals surface area (Å²) in [4.78, 5) is 22.6. The highest BCUT2D eigenvalue weighted by Crippen LogP contribution is 2.30. The van der Waals surface area contributed by atoms with E-state index in [2.05, 4.69) is 16.0 Å². The van der Waals surface area contributed by atoms with E-state index >= 15 is 0 Å². The molecule has 0 saturated carbocycles. The molecule has 146 valence electrons. The minimum atomic E-state index is -0.661. The molecule has 2 aromatic heterocycles. The maximum absolute atomic E-state index is 13.9. The third kappa shape index (κ3) is 3.72. The van der Waals surface area contributed by atoms with Crippen LogP contribution in [0.4, 0.5) is 4.39 Å². The molecule has 6 heteroatoms. The average Bonchev–Trinajstić information content (AvgIpc) is 3.17. The molecule has 0 radical (unpaired) electrons. The fourth-order valence-corrected chi connectivity index (χ4v) is 3.81. The molecule has 0 unspecified atom stereocenters. The van der Waals surface area contributed by atoms with Gasteiger partial charge in [-0.25, -0.2) is 4.39 Å². The van der Waals surface area contributed by atoms with Gasteiger partial charge in [-0.2, -0.15) is 0 Å². The van der Waals surface area contributed by atoms with Gasteiger partial charge in [0.05, 0.1) is 11.0 Å². The van der Waals surface area contributed by atoms with Crippen molar-refractivity contribution in [2.45, 2.75) is 38.2 Å². The van der Waals surface area contributed by atoms with Crippen LogP contribution in [-0.2, 0) is 4.79 Å². The summed E-state index contributed by atoms with van der Waals surface area (Å²) in [5.74, 6) is -0.00336. The SMILES string of the molecule is CC[C@H](Oc1ccccc1F)C(=O)N1CCC(c2cc3ncccc3[nH]2)CC1. The maximum Gasteiger partial charge on any atom is 0.263 e. The first-order chi connectivity index (χ1) is 13.7. The first-order valence-corrected chi connectivity index (χ1v) is 9.79. The zero-order chi connectivity index (χ0) is 19.5. The minimum Gasteiger partial charge on any atom is -0.478 e. The Kier molecular flexibility index (Phi) is 5.28. The van der Waals surface area contributed by atoms with Crippen molar-refractivity contribution < 1.29 is 13.9 Å². The van der Waals surface area contributed by atoms with Crippen LogP contribution in [0.1, 0.15) is 37.8 Å². The third-order valence-electron chi connectivity index (χ3n) is 5.41. The van der Waals surface area contributed by atoms with E-state index in [0.29, 0.717) is 25.4 Å². The number of rotatable bonds is 5. The van der Waals surface area contributed by atoms with Gasteiger partial charge in [0.1, 0.15) is 0 Å². The Hall–Kier alpha value is -2.89. The van der Waals surface area contributed by atoms with Gasteiger partial charge in [0.25, 0.3) is 5.91 Å². The van der Waals surface area contributed by atoms with Gasteiger partial charge >= 0.3 is 0 Å². The van der Waals surface area contributed by atoms with E-state index in [1.807, 2.05) is 24.0 Å². The molecule has 0 spiro atoms. The van der Waals surface area contributed by atoms with Crippen LogP contribution in [0.5, 0.6) is 5.75 Å². The first kappa shape index (κ1) is 18.5. The highest BCUT2D eigenvalue weighted by atomic mass is 19.1. The van der Waals surface area contributed by atoms with Crippen LogP contribution in [-0.4, -0.2) is 40.0 Å². The van der Waals surface area contributed by atoms with Gasteiger partial charge in [-0.3, -0.25) is 9.78 Å². The van der Waals surface area contributed by atoms with E-state index in [4.69, 9.17) is 4.74 Å². The van der Waals surface area contributed by atoms with Crippen molar-refractivity contribution in [1.82, 2.24) is 14.9 Å². The number of aromatic amines is 1. The number of fused-ring (bicyclic) bond motifs is 1. The van der Waals surface area contributed by atoms with Crippen LogP contribution in [0.2, 0.25) is 0 Å². The zero-order valence-corrected chi connectivity index (χ0v) is 15.9. The second-order valence-corrected chi connectivity index (χ2v) is 7.21. The fraction of sp³-hybridized carbons (Fsp3) is 0.364. The predicted molar refractivity (Wildman–Crippen MR) is 106 cm³/mol. The van der Waals surface area contributed by atoms with Crippen LogP contribution in [0.3, 0.4) is 0 Å². The lowest BCUT2D eigenvalue weighted by Gasteiger charge is -2.33. The number of benzene rings is 1. The van der Waals surface area contributed by atoms with Gasteiger partial charge in [-0.15, -0.1) is 0 Å². The Morgan fingerprint density at radius 2 is 2.07 bits per heavy atom. The summed E-state index contributed by atoms with van der Waals surface area (Å²) in [7, 11) is 0. The van der Waals surface area contributed by atoms with Crippen molar-refractivity contribution in [3.8, 4) is 5.75 Å². The molecule has 1 aromatic carbocycles. The van der Waals surface area contributed by atoms with Gasteiger partial charge < -0.3 is 14.6 Å². The van der Waals surface area contributed by atoms with Crippen molar-refractivity contribution >= 4 is 16.9 Å². The molecule has 28 heavy (non-hydrogen) atoms. The molecule has 1 saturated heterocycles. The number of piperidine rings is 1. The Balaban J connectivity index is 1.39. The summed E-state index contributed by atoms with van der Waals surface area (Å²) in [5.41, 5.74) is 3.19. The summed E-state index contributed by atoms with van der Waals surface area (Å²) in [5, 5.41) is 0. The second kappa shape index (κ2) is 8.00. The molecule has 0 bridgehead atoms. The molecule has 1 fully saturated rings. The maximum atomic E-state index is 13.9. The van der Waals surface area contributed by atoms with Gasteiger partial charge in [-0.1, -0.05) is 19.1 Å². The van der Waals surface area contributed by atoms with E-state index in [1.165, 1.54) is 11.8 Å². The fourth-order valence-electron chi connectivity index (χ4n) is 3.81. The van der Waals surface area contributed by atoms with E-state index in [9.17, 15) is 9.18 Å². The zero-order valence-electron chi connectivity index (χ0n) is 15.9. The summed E-state index contributed by atoms with van der Waals surface area (Å²) >= 11 is 0. The van der Waals surface area contributed by atoms with Gasteiger partial charge in [0.15, 0.2) is 17.7 Å². The lowest BCUT2D eigenvalue weighted by molar-refractivity contribution is -0.140. The summed E-state index contributed by atoms with van der Waals surface area (Å²) in [6.45, 7) is 3.22. The monoisotopic (exact) mass is 381 g/mol. The number of para-hydroxylation sites is 1. The molecule has 1 amide bonds. The highest BCUT2D eigenvalue weighted by Gasteiger charge is 2.30. The lowest BCUT2D eigenvalue weighted by atomic mass is 9.93. The molecule has 4 rings (SSSR count). The van der Waals surface area contributed by atoms with E-state index < -0.39 is 11.9 Å². The normalized spacial score (nSPS) is 16.3. The quantitative estimate of drug-likeness (QED) is 0.718. The number of hydrogen-bond donors (Lipinski definition) is 1. The molecule has 3 aromatic rings. The van der Waals surface area contributed by atoms with Gasteiger partial charge in [0, 0.05) is 30.9 Å². The molecule has 1 N–H and O–H groups in total. The van der Waals surface area contributed by atoms with Crippen molar-refractivity contribution in [3.05, 3.63) is 60.2 Å². The molecular weight excluding hydrogens is 357 g/mol. The van der Waals surface area contributed by atoms with Crippen LogP contribution in [0.15, 0.2) is 48.7 Å². The van der Waals surface area contributed by atoms with Crippen molar-refractivity contribution in [3.63, 3.8) is 0 Å². The van der Waals surface area contributed by atoms with E-state index in [0.717, 1.165) is 23.9 Å². The number of likely N-dealkylation sites (tertiary alicyclic amines) is 1. The smallest absolute Gasteiger partial charge is 0.263 e. The van der Waals surface area contributed by atoms with Crippen LogP contribution in [0.25, 0.3) is 11.0 Å². The van der Waals surface area contributed by atoms with Gasteiger partial charge in [-0.05, 0) is 49.6 Å². The summed E-state index contributed by atoms with van der Waals surface area (Å²) < 4.78 is 19.5. The molecule has 1 atom stereocenters. The first-order valence-electron chi connectivity index (χ1n) is 9.79. The minimum absolute atomic E-state index is 0.0671. The Labute approximate surface area is 163 Å². The molecule has 0 aliphatic carbocycles. The molecule has 1 aliphatic heterocycles. The van der Waals surface area contributed by atoms with E-state index in [-0.39, 0.29) is 11.7 Å². The number of halogens is 1. The summed E-state index contributed by atoms with van der Waals surface area (Å²) in [6.07, 6.45) is 3.40. The summed E-state index contributed by atoms with van der Waals surface area (Å²) in [6, 6.07) is 12.3. The topological polar surface area (TPSA) is 58.2 Å². The van der Waals surface area contributed by atoms with Crippen molar-refractivity contribution in [1.29, 1.82) is 0 Å². The number of pyridine rings is 1. The number of nitrogens with zero attached hydrogens (tertiary/aromatic N) is 2. The number of H-pyrrole nitrogens is 1. The predicted octanol–water partition coefficient (Wildman–Crippen LogP) is 4.27. The number of carbonyl (C=O) groups is 1. The van der Waals surface area contributed by atoms with E-state index in [1.54, 1.807) is 24.4 Å². The molecule has 5 nitrogen and oxygen atoms in total. The standard InChI is InChI=1S/C22H24FN3O2/c1-2-20(28-21-8-4-3-6-16(21)23)22(27)26-12-9-15(10-13-26)18-14-19-17(25-18)7-5-11-24-19/h3-8,11,14-15,20,25H,2,9-10,12-13H2,1H3/t20-/m0/s1. The van der Waals surface area contributed by atoms with Crippen LogP contribution < -0.4 is 4.74 Å². The highest BCUT2D eigenvalue weighted by molar-refractivity contribution is 5.81. The number of ether oxygens (including phenoxy) is 1. The largest absolute Gasteiger partial charge is 0.478 e. The van der Waals surface area contributed by atoms with Crippen molar-refractivity contribution in [2.24, 2.45) is 0 Å². The number of nitrogens with one attached hydrogen (secondary N) is 1. The number of hydrogen-bond acceptors (Lipinski definition) is 3. The number of carbonyl (C=O) groups excluding carboxylic acids is 1. The number of aromatic nitrogens is 2. The average molecular weight is 381 g/mol. The molecule has 1 aliphatic rings. The Bertz CT molecular complexity index is 930.